The molecule has 32 heavy (non-hydrogen) atoms. The second-order valence-corrected chi connectivity index (χ2v) is 9.32. The predicted molar refractivity (Wildman–Crippen MR) is 119 cm³/mol. The van der Waals surface area contributed by atoms with Crippen LogP contribution in [0.1, 0.15) is 49.5 Å². The van der Waals surface area contributed by atoms with Crippen molar-refractivity contribution in [1.82, 2.24) is 10.3 Å². The van der Waals surface area contributed by atoms with Crippen molar-refractivity contribution in [2.24, 2.45) is 5.41 Å². The Morgan fingerprint density at radius 3 is 2.72 bits per heavy atom. The van der Waals surface area contributed by atoms with Crippen LogP contribution >= 0.6 is 0 Å². The number of carbonyl (C=O) groups excluding carboxylic acids is 2. The minimum Gasteiger partial charge on any atom is -0.493 e. The van der Waals surface area contributed by atoms with Gasteiger partial charge in [-0.25, -0.2) is 0 Å². The lowest BCUT2D eigenvalue weighted by Gasteiger charge is -2.22. The fourth-order valence-corrected chi connectivity index (χ4v) is 4.43. The molecule has 0 bridgehead atoms. The molecule has 3 heterocycles. The standard InChI is InChI=1S/C25H26N2O5/c1-25(2,3)24(29)32-16-7-5-13(11-18(16)30-4)22-21-20-17(31-22)8-6-15-19(20)14(12-27-15)9-10-26-23(21)28/h5-8,11-12,21-22,27H,9-10H2,1-4H3,(H,26,28)/t21-,22+/m0/s1. The monoisotopic (exact) mass is 434 g/mol. The van der Waals surface area contributed by atoms with Gasteiger partial charge < -0.3 is 24.5 Å². The van der Waals surface area contributed by atoms with Crippen molar-refractivity contribution in [2.75, 3.05) is 13.7 Å². The van der Waals surface area contributed by atoms with Gasteiger partial charge in [-0.1, -0.05) is 6.07 Å². The van der Waals surface area contributed by atoms with Crippen LogP contribution in [-0.2, 0) is 16.0 Å². The fourth-order valence-electron chi connectivity index (χ4n) is 4.43. The summed E-state index contributed by atoms with van der Waals surface area (Å²) >= 11 is 0. The van der Waals surface area contributed by atoms with Gasteiger partial charge in [0.15, 0.2) is 11.5 Å². The van der Waals surface area contributed by atoms with Crippen LogP contribution in [0.5, 0.6) is 17.2 Å². The minimum atomic E-state index is -0.642. The van der Waals surface area contributed by atoms with Crippen molar-refractivity contribution < 1.29 is 23.8 Å². The quantitative estimate of drug-likeness (QED) is 0.480. The van der Waals surface area contributed by atoms with Crippen molar-refractivity contribution in [2.45, 2.75) is 39.2 Å². The third-order valence-electron chi connectivity index (χ3n) is 6.10. The third-order valence-corrected chi connectivity index (χ3v) is 6.10. The number of methoxy groups -OCH3 is 1. The summed E-state index contributed by atoms with van der Waals surface area (Å²) in [4.78, 5) is 28.8. The fraction of sp³-hybridized carbons (Fsp3) is 0.360. The Morgan fingerprint density at radius 1 is 1.16 bits per heavy atom. The molecule has 2 aliphatic heterocycles. The first-order valence-electron chi connectivity index (χ1n) is 10.8. The molecule has 7 heteroatoms. The lowest BCUT2D eigenvalue weighted by Crippen LogP contribution is -2.34. The normalized spacial score (nSPS) is 19.7. The molecular formula is C25H26N2O5. The zero-order valence-corrected chi connectivity index (χ0v) is 18.6. The molecule has 0 spiro atoms. The number of H-pyrrole nitrogens is 1. The molecule has 1 aromatic heterocycles. The molecule has 5 rings (SSSR count). The molecule has 2 aromatic carbocycles. The Labute approximate surface area is 186 Å². The van der Waals surface area contributed by atoms with E-state index in [0.717, 1.165) is 28.5 Å². The molecule has 166 valence electrons. The van der Waals surface area contributed by atoms with Crippen molar-refractivity contribution in [3.63, 3.8) is 0 Å². The molecule has 3 aromatic rings. The van der Waals surface area contributed by atoms with Crippen LogP contribution in [0.15, 0.2) is 36.5 Å². The molecule has 2 atom stereocenters. The number of hydrogen-bond acceptors (Lipinski definition) is 5. The van der Waals surface area contributed by atoms with Crippen LogP contribution in [0.3, 0.4) is 0 Å². The predicted octanol–water partition coefficient (Wildman–Crippen LogP) is 4.02. The number of nitrogens with one attached hydrogen (secondary N) is 2. The van der Waals surface area contributed by atoms with E-state index in [-0.39, 0.29) is 11.9 Å². The smallest absolute Gasteiger partial charge is 0.316 e. The zero-order valence-electron chi connectivity index (χ0n) is 18.6. The number of hydrogen-bond donors (Lipinski definition) is 2. The highest BCUT2D eigenvalue weighted by atomic mass is 16.6. The van der Waals surface area contributed by atoms with Crippen molar-refractivity contribution in [3.05, 3.63) is 53.2 Å². The first-order valence-corrected chi connectivity index (χ1v) is 10.8. The average molecular weight is 434 g/mol. The summed E-state index contributed by atoms with van der Waals surface area (Å²) in [5.41, 5.74) is 3.23. The van der Waals surface area contributed by atoms with Crippen LogP contribution in [0.2, 0.25) is 0 Å². The van der Waals surface area contributed by atoms with E-state index in [1.165, 1.54) is 12.7 Å². The highest BCUT2D eigenvalue weighted by molar-refractivity contribution is 5.97. The second-order valence-electron chi connectivity index (χ2n) is 9.32. The Morgan fingerprint density at radius 2 is 1.97 bits per heavy atom. The highest BCUT2D eigenvalue weighted by Gasteiger charge is 2.43. The molecule has 0 fully saturated rings. The molecule has 0 radical (unpaired) electrons. The molecule has 0 saturated heterocycles. The van der Waals surface area contributed by atoms with Gasteiger partial charge in [-0.05, 0) is 62.6 Å². The number of esters is 1. The molecule has 0 unspecified atom stereocenters. The topological polar surface area (TPSA) is 89.7 Å². The van der Waals surface area contributed by atoms with E-state index >= 15 is 0 Å². The summed E-state index contributed by atoms with van der Waals surface area (Å²) in [6.07, 6.45) is 2.26. The summed E-state index contributed by atoms with van der Waals surface area (Å²) in [5, 5.41) is 4.12. The van der Waals surface area contributed by atoms with Crippen LogP contribution in [0.4, 0.5) is 0 Å². The lowest BCUT2D eigenvalue weighted by atomic mass is 9.86. The Kier molecular flexibility index (Phi) is 4.65. The molecule has 7 nitrogen and oxygen atoms in total. The zero-order chi connectivity index (χ0) is 22.6. The van der Waals surface area contributed by atoms with Gasteiger partial charge in [-0.3, -0.25) is 9.59 Å². The van der Waals surface area contributed by atoms with Gasteiger partial charge in [0.25, 0.3) is 0 Å². The summed E-state index contributed by atoms with van der Waals surface area (Å²) in [5.74, 6) is 0.566. The van der Waals surface area contributed by atoms with E-state index in [0.29, 0.717) is 23.8 Å². The number of ether oxygens (including phenoxy) is 3. The largest absolute Gasteiger partial charge is 0.493 e. The van der Waals surface area contributed by atoms with Crippen LogP contribution < -0.4 is 19.5 Å². The maximum Gasteiger partial charge on any atom is 0.316 e. The van der Waals surface area contributed by atoms with Gasteiger partial charge in [-0.2, -0.15) is 0 Å². The van der Waals surface area contributed by atoms with E-state index in [4.69, 9.17) is 14.2 Å². The molecule has 1 amide bonds. The molecule has 0 aliphatic carbocycles. The minimum absolute atomic E-state index is 0.0599. The van der Waals surface area contributed by atoms with Crippen molar-refractivity contribution in [1.29, 1.82) is 0 Å². The number of carbonyl (C=O) groups is 2. The van der Waals surface area contributed by atoms with E-state index in [2.05, 4.69) is 10.3 Å². The first-order chi connectivity index (χ1) is 15.3. The second kappa shape index (κ2) is 7.29. The first kappa shape index (κ1) is 20.4. The summed E-state index contributed by atoms with van der Waals surface area (Å²) in [7, 11) is 1.52. The van der Waals surface area contributed by atoms with Crippen LogP contribution in [0, 0.1) is 5.41 Å². The Balaban J connectivity index is 1.56. The van der Waals surface area contributed by atoms with Crippen molar-refractivity contribution in [3.8, 4) is 17.2 Å². The van der Waals surface area contributed by atoms with Gasteiger partial charge in [0, 0.05) is 29.2 Å². The Bertz CT molecular complexity index is 1240. The highest BCUT2D eigenvalue weighted by Crippen LogP contribution is 2.51. The summed E-state index contributed by atoms with van der Waals surface area (Å²) in [6.45, 7) is 5.96. The van der Waals surface area contributed by atoms with Gasteiger partial charge >= 0.3 is 5.97 Å². The average Bonchev–Trinajstić information content (AvgIpc) is 3.33. The van der Waals surface area contributed by atoms with Crippen molar-refractivity contribution >= 4 is 22.8 Å². The maximum atomic E-state index is 13.2. The Hall–Kier alpha value is -3.48. The van der Waals surface area contributed by atoms with E-state index in [1.54, 1.807) is 32.9 Å². The van der Waals surface area contributed by atoms with Gasteiger partial charge in [0.05, 0.1) is 12.5 Å². The molecule has 2 N–H and O–H groups in total. The molecule has 2 aliphatic rings. The van der Waals surface area contributed by atoms with E-state index < -0.39 is 17.4 Å². The van der Waals surface area contributed by atoms with Gasteiger partial charge in [0.2, 0.25) is 5.91 Å². The maximum absolute atomic E-state index is 13.2. The molecular weight excluding hydrogens is 408 g/mol. The number of aromatic amines is 1. The third kappa shape index (κ3) is 3.20. The lowest BCUT2D eigenvalue weighted by molar-refractivity contribution is -0.143. The number of amides is 1. The van der Waals surface area contributed by atoms with Crippen LogP contribution in [-0.4, -0.2) is 30.5 Å². The number of rotatable bonds is 3. The van der Waals surface area contributed by atoms with E-state index in [9.17, 15) is 9.59 Å². The summed E-state index contributed by atoms with van der Waals surface area (Å²) in [6, 6.07) is 9.21. The summed E-state index contributed by atoms with van der Waals surface area (Å²) < 4.78 is 17.4. The number of benzene rings is 2. The number of aromatic nitrogens is 1. The van der Waals surface area contributed by atoms with Gasteiger partial charge in [0.1, 0.15) is 17.8 Å². The SMILES string of the molecule is COc1cc([C@H]2Oc3ccc4[nH]cc5c4c3[C@@H]2C(=O)NCC5)ccc1OC(=O)C(C)(C)C. The van der Waals surface area contributed by atoms with E-state index in [1.807, 2.05) is 24.4 Å². The van der Waals surface area contributed by atoms with Crippen LogP contribution in [0.25, 0.3) is 10.9 Å². The van der Waals surface area contributed by atoms with Gasteiger partial charge in [-0.15, -0.1) is 0 Å². The molecule has 0 saturated carbocycles.